The molecular weight excluding hydrogens is 366 g/mol. The lowest BCUT2D eigenvalue weighted by atomic mass is 10.1. The summed E-state index contributed by atoms with van der Waals surface area (Å²) in [5.41, 5.74) is 2.21. The summed E-state index contributed by atoms with van der Waals surface area (Å²) in [5.74, 6) is 1.04. The Bertz CT molecular complexity index is 1000. The minimum atomic E-state index is -0.142. The standard InChI is InChI=1S/C23H27N3O3/c1-3-25(17-18-9-4-7-12-22(18)29-2)15-8-16-26-23(28)14-13-20(24-26)19-10-5-6-11-21(19)27/h4-7,9-14,27H,3,8,15-17H2,1-2H3. The number of rotatable bonds is 9. The Balaban J connectivity index is 1.65. The summed E-state index contributed by atoms with van der Waals surface area (Å²) in [6, 6.07) is 18.2. The fourth-order valence-electron chi connectivity index (χ4n) is 3.31. The second kappa shape index (κ2) is 9.89. The van der Waals surface area contributed by atoms with E-state index in [0.717, 1.165) is 37.4 Å². The largest absolute Gasteiger partial charge is 0.507 e. The van der Waals surface area contributed by atoms with Crippen LogP contribution in [0.2, 0.25) is 0 Å². The molecular formula is C23H27N3O3. The van der Waals surface area contributed by atoms with Crippen molar-refractivity contribution in [3.63, 3.8) is 0 Å². The highest BCUT2D eigenvalue weighted by atomic mass is 16.5. The van der Waals surface area contributed by atoms with Crippen molar-refractivity contribution in [2.75, 3.05) is 20.2 Å². The quantitative estimate of drug-likeness (QED) is 0.602. The van der Waals surface area contributed by atoms with Crippen molar-refractivity contribution in [3.05, 3.63) is 76.6 Å². The van der Waals surface area contributed by atoms with E-state index in [1.807, 2.05) is 24.3 Å². The van der Waals surface area contributed by atoms with Crippen LogP contribution in [-0.4, -0.2) is 40.0 Å². The molecule has 1 aromatic heterocycles. The van der Waals surface area contributed by atoms with Crippen molar-refractivity contribution in [3.8, 4) is 22.8 Å². The molecule has 6 heteroatoms. The Labute approximate surface area is 171 Å². The maximum Gasteiger partial charge on any atom is 0.266 e. The second-order valence-corrected chi connectivity index (χ2v) is 6.83. The van der Waals surface area contributed by atoms with Gasteiger partial charge in [0.25, 0.3) is 5.56 Å². The molecule has 0 saturated heterocycles. The van der Waals surface area contributed by atoms with Gasteiger partial charge in [0.15, 0.2) is 0 Å². The highest BCUT2D eigenvalue weighted by Gasteiger charge is 2.10. The first kappa shape index (κ1) is 20.6. The number of phenolic OH excluding ortho intramolecular Hbond substituents is 1. The average molecular weight is 393 g/mol. The molecule has 0 atom stereocenters. The fourth-order valence-corrected chi connectivity index (χ4v) is 3.31. The van der Waals surface area contributed by atoms with Crippen LogP contribution < -0.4 is 10.3 Å². The van der Waals surface area contributed by atoms with E-state index in [0.29, 0.717) is 17.8 Å². The Morgan fingerprint density at radius 3 is 2.59 bits per heavy atom. The van der Waals surface area contributed by atoms with Gasteiger partial charge in [-0.3, -0.25) is 9.69 Å². The number of aromatic hydroxyl groups is 1. The average Bonchev–Trinajstić information content (AvgIpc) is 2.75. The van der Waals surface area contributed by atoms with Gasteiger partial charge in [0, 0.05) is 36.8 Å². The van der Waals surface area contributed by atoms with Gasteiger partial charge in [-0.15, -0.1) is 0 Å². The Morgan fingerprint density at radius 1 is 1.07 bits per heavy atom. The zero-order chi connectivity index (χ0) is 20.6. The zero-order valence-electron chi connectivity index (χ0n) is 16.9. The minimum absolute atomic E-state index is 0.142. The third-order valence-electron chi connectivity index (χ3n) is 4.92. The number of para-hydroxylation sites is 2. The number of aryl methyl sites for hydroxylation is 1. The first-order valence-electron chi connectivity index (χ1n) is 9.83. The number of aromatic nitrogens is 2. The maximum atomic E-state index is 12.2. The minimum Gasteiger partial charge on any atom is -0.507 e. The number of benzene rings is 2. The molecule has 1 heterocycles. The molecule has 0 fully saturated rings. The van der Waals surface area contributed by atoms with Crippen molar-refractivity contribution in [1.82, 2.24) is 14.7 Å². The molecule has 0 radical (unpaired) electrons. The zero-order valence-corrected chi connectivity index (χ0v) is 16.9. The number of hydrogen-bond donors (Lipinski definition) is 1. The number of phenols is 1. The molecule has 0 aliphatic rings. The van der Waals surface area contributed by atoms with E-state index >= 15 is 0 Å². The summed E-state index contributed by atoms with van der Waals surface area (Å²) >= 11 is 0. The van der Waals surface area contributed by atoms with Gasteiger partial charge in [-0.05, 0) is 37.2 Å². The van der Waals surface area contributed by atoms with Crippen molar-refractivity contribution in [2.45, 2.75) is 26.4 Å². The topological polar surface area (TPSA) is 67.6 Å². The molecule has 6 nitrogen and oxygen atoms in total. The molecule has 0 saturated carbocycles. The Hall–Kier alpha value is -3.12. The van der Waals surface area contributed by atoms with Gasteiger partial charge in [-0.1, -0.05) is 37.3 Å². The molecule has 0 aliphatic carbocycles. The lowest BCUT2D eigenvalue weighted by Crippen LogP contribution is -2.28. The normalized spacial score (nSPS) is 11.0. The van der Waals surface area contributed by atoms with Crippen LogP contribution in [0.5, 0.6) is 11.5 Å². The second-order valence-electron chi connectivity index (χ2n) is 6.83. The molecule has 0 amide bonds. The summed E-state index contributed by atoms with van der Waals surface area (Å²) in [5, 5.41) is 14.5. The molecule has 0 aliphatic heterocycles. The first-order chi connectivity index (χ1) is 14.1. The van der Waals surface area contributed by atoms with Gasteiger partial charge in [-0.25, -0.2) is 4.68 Å². The molecule has 3 aromatic rings. The van der Waals surface area contributed by atoms with Crippen LogP contribution in [0.15, 0.2) is 65.5 Å². The van der Waals surface area contributed by atoms with Crippen LogP contribution in [0.4, 0.5) is 0 Å². The van der Waals surface area contributed by atoms with Crippen molar-refractivity contribution in [1.29, 1.82) is 0 Å². The highest BCUT2D eigenvalue weighted by molar-refractivity contribution is 5.65. The van der Waals surface area contributed by atoms with Crippen LogP contribution in [-0.2, 0) is 13.1 Å². The Morgan fingerprint density at radius 2 is 1.83 bits per heavy atom. The van der Waals surface area contributed by atoms with Gasteiger partial charge in [0.05, 0.1) is 12.8 Å². The fraction of sp³-hybridized carbons (Fsp3) is 0.304. The molecule has 0 unspecified atom stereocenters. The molecule has 1 N–H and O–H groups in total. The van der Waals surface area contributed by atoms with E-state index < -0.39 is 0 Å². The highest BCUT2D eigenvalue weighted by Crippen LogP contribution is 2.26. The predicted octanol–water partition coefficient (Wildman–Crippen LogP) is 3.54. The summed E-state index contributed by atoms with van der Waals surface area (Å²) in [7, 11) is 1.69. The van der Waals surface area contributed by atoms with Gasteiger partial charge in [0.1, 0.15) is 11.5 Å². The number of methoxy groups -OCH3 is 1. The van der Waals surface area contributed by atoms with Crippen molar-refractivity contribution < 1.29 is 9.84 Å². The Kier molecular flexibility index (Phi) is 7.03. The van der Waals surface area contributed by atoms with Gasteiger partial charge >= 0.3 is 0 Å². The number of nitrogens with zero attached hydrogens (tertiary/aromatic N) is 3. The van der Waals surface area contributed by atoms with E-state index in [-0.39, 0.29) is 11.3 Å². The van der Waals surface area contributed by atoms with E-state index in [2.05, 4.69) is 23.0 Å². The van der Waals surface area contributed by atoms with E-state index in [9.17, 15) is 9.90 Å². The predicted molar refractivity (Wildman–Crippen MR) is 114 cm³/mol. The van der Waals surface area contributed by atoms with Crippen LogP contribution in [0.25, 0.3) is 11.3 Å². The van der Waals surface area contributed by atoms with E-state index in [1.165, 1.54) is 10.7 Å². The smallest absolute Gasteiger partial charge is 0.266 e. The lowest BCUT2D eigenvalue weighted by molar-refractivity contribution is 0.263. The third kappa shape index (κ3) is 5.23. The summed E-state index contributed by atoms with van der Waals surface area (Å²) < 4.78 is 6.91. The summed E-state index contributed by atoms with van der Waals surface area (Å²) in [6.45, 7) is 5.17. The molecule has 29 heavy (non-hydrogen) atoms. The number of hydrogen-bond acceptors (Lipinski definition) is 5. The molecule has 3 rings (SSSR count). The molecule has 0 bridgehead atoms. The van der Waals surface area contributed by atoms with Crippen LogP contribution >= 0.6 is 0 Å². The van der Waals surface area contributed by atoms with Gasteiger partial charge in [0.2, 0.25) is 0 Å². The van der Waals surface area contributed by atoms with Crippen molar-refractivity contribution in [2.24, 2.45) is 0 Å². The van der Waals surface area contributed by atoms with Gasteiger partial charge in [-0.2, -0.15) is 5.10 Å². The van der Waals surface area contributed by atoms with Crippen molar-refractivity contribution >= 4 is 0 Å². The van der Waals surface area contributed by atoms with Crippen LogP contribution in [0.3, 0.4) is 0 Å². The van der Waals surface area contributed by atoms with E-state index in [1.54, 1.807) is 31.4 Å². The maximum absolute atomic E-state index is 12.2. The SMILES string of the molecule is CCN(CCCn1nc(-c2ccccc2O)ccc1=O)Cc1ccccc1OC. The van der Waals surface area contributed by atoms with Crippen LogP contribution in [0, 0.1) is 0 Å². The first-order valence-corrected chi connectivity index (χ1v) is 9.83. The number of ether oxygens (including phenoxy) is 1. The van der Waals surface area contributed by atoms with Crippen LogP contribution in [0.1, 0.15) is 18.9 Å². The molecule has 0 spiro atoms. The summed E-state index contributed by atoms with van der Waals surface area (Å²) in [4.78, 5) is 14.5. The third-order valence-corrected chi connectivity index (χ3v) is 4.92. The van der Waals surface area contributed by atoms with Gasteiger partial charge < -0.3 is 9.84 Å². The lowest BCUT2D eigenvalue weighted by Gasteiger charge is -2.21. The molecule has 152 valence electrons. The monoisotopic (exact) mass is 393 g/mol. The van der Waals surface area contributed by atoms with E-state index in [4.69, 9.17) is 4.74 Å². The molecule has 2 aromatic carbocycles. The summed E-state index contributed by atoms with van der Waals surface area (Å²) in [6.07, 6.45) is 0.792.